The minimum atomic E-state index is -0.250. The first-order valence-electron chi connectivity index (χ1n) is 10.2. The molecule has 0 aliphatic carbocycles. The third kappa shape index (κ3) is 5.17. The summed E-state index contributed by atoms with van der Waals surface area (Å²) in [5.41, 5.74) is 3.39. The van der Waals surface area contributed by atoms with Gasteiger partial charge in [-0.2, -0.15) is 0 Å². The molecule has 34 heavy (non-hydrogen) atoms. The van der Waals surface area contributed by atoms with Crippen LogP contribution in [0.15, 0.2) is 76.2 Å². The fraction of sp³-hybridized carbons (Fsp3) is 0.0417. The lowest BCUT2D eigenvalue weighted by atomic mass is 10.2. The van der Waals surface area contributed by atoms with E-state index in [0.29, 0.717) is 32.9 Å². The molecule has 0 bridgehead atoms. The Balaban J connectivity index is 1.33. The Morgan fingerprint density at radius 2 is 1.97 bits per heavy atom. The highest BCUT2D eigenvalue weighted by molar-refractivity contribution is 8.18. The number of halogens is 1. The number of hydrogen-bond donors (Lipinski definition) is 2. The molecule has 0 unspecified atom stereocenters. The molecule has 2 N–H and O–H groups in total. The van der Waals surface area contributed by atoms with Gasteiger partial charge in [0, 0.05) is 23.0 Å². The van der Waals surface area contributed by atoms with Crippen LogP contribution >= 0.6 is 34.7 Å². The zero-order valence-corrected chi connectivity index (χ0v) is 19.9. The van der Waals surface area contributed by atoms with E-state index in [9.17, 15) is 9.59 Å². The number of aromatic nitrogens is 2. The molecule has 1 saturated heterocycles. The van der Waals surface area contributed by atoms with Gasteiger partial charge in [0.2, 0.25) is 5.91 Å². The molecule has 0 radical (unpaired) electrons. The first-order chi connectivity index (χ1) is 16.5. The highest BCUT2D eigenvalue weighted by Gasteiger charge is 2.24. The molecular formula is C24H16ClN5O2S2. The molecule has 4 aromatic rings. The number of fused-ring (bicyclic) bond motifs is 1. The predicted octanol–water partition coefficient (Wildman–Crippen LogP) is 5.42. The van der Waals surface area contributed by atoms with E-state index in [2.05, 4.69) is 25.6 Å². The van der Waals surface area contributed by atoms with Crippen molar-refractivity contribution in [1.82, 2.24) is 15.3 Å². The summed E-state index contributed by atoms with van der Waals surface area (Å²) < 4.78 is 0. The molecule has 0 saturated carbocycles. The number of aliphatic imine (C=N–C) groups is 1. The van der Waals surface area contributed by atoms with Gasteiger partial charge in [0.25, 0.3) is 5.91 Å². The topological polar surface area (TPSA) is 96.3 Å². The lowest BCUT2D eigenvalue weighted by Crippen LogP contribution is -2.19. The van der Waals surface area contributed by atoms with E-state index >= 15 is 0 Å². The van der Waals surface area contributed by atoms with Crippen LogP contribution in [0.1, 0.15) is 10.4 Å². The normalized spacial score (nSPS) is 15.7. The first kappa shape index (κ1) is 22.3. The van der Waals surface area contributed by atoms with Gasteiger partial charge in [-0.05, 0) is 65.2 Å². The smallest absolute Gasteiger partial charge is 0.264 e. The minimum absolute atomic E-state index is 0.128. The second-order valence-electron chi connectivity index (χ2n) is 7.26. The van der Waals surface area contributed by atoms with Crippen molar-refractivity contribution in [3.63, 3.8) is 0 Å². The number of thioether (sulfide) groups is 1. The molecule has 3 heterocycles. The summed E-state index contributed by atoms with van der Waals surface area (Å²) in [4.78, 5) is 39.3. The van der Waals surface area contributed by atoms with Crippen molar-refractivity contribution in [2.24, 2.45) is 4.99 Å². The third-order valence-corrected chi connectivity index (χ3v) is 6.91. The molecule has 2 aromatic carbocycles. The Labute approximate surface area is 208 Å². The number of carbonyl (C=O) groups excluding carboxylic acids is 2. The number of amidine groups is 1. The Hall–Kier alpha value is -3.53. The van der Waals surface area contributed by atoms with Gasteiger partial charge in [-0.3, -0.25) is 19.6 Å². The SMILES string of the molecule is O=C(Cc1cccs1)Nc1ccc(Cl)c(N=C2NC(=O)/C(=C\c3ccc4nccnc4c3)S2)c1. The van der Waals surface area contributed by atoms with E-state index in [1.807, 2.05) is 35.7 Å². The average molecular weight is 506 g/mol. The van der Waals surface area contributed by atoms with Crippen molar-refractivity contribution >= 4 is 80.2 Å². The maximum atomic E-state index is 12.5. The van der Waals surface area contributed by atoms with Crippen molar-refractivity contribution in [3.05, 3.63) is 86.7 Å². The first-order valence-corrected chi connectivity index (χ1v) is 12.2. The number of rotatable bonds is 5. The second-order valence-corrected chi connectivity index (χ2v) is 9.73. The molecular weight excluding hydrogens is 490 g/mol. The van der Waals surface area contributed by atoms with E-state index in [1.165, 1.54) is 23.1 Å². The van der Waals surface area contributed by atoms with Gasteiger partial charge >= 0.3 is 0 Å². The Morgan fingerprint density at radius 3 is 2.79 bits per heavy atom. The quantitative estimate of drug-likeness (QED) is 0.353. The van der Waals surface area contributed by atoms with Crippen LogP contribution in [0.2, 0.25) is 5.02 Å². The minimum Gasteiger partial charge on any atom is -0.326 e. The average Bonchev–Trinajstić information content (AvgIpc) is 3.45. The summed E-state index contributed by atoms with van der Waals surface area (Å²) in [6.45, 7) is 0. The van der Waals surface area contributed by atoms with E-state index in [-0.39, 0.29) is 11.8 Å². The molecule has 1 aliphatic heterocycles. The molecule has 2 amide bonds. The molecule has 10 heteroatoms. The van der Waals surface area contributed by atoms with Gasteiger partial charge in [-0.25, -0.2) is 4.99 Å². The van der Waals surface area contributed by atoms with Crippen LogP contribution in [0, 0.1) is 0 Å². The molecule has 7 nitrogen and oxygen atoms in total. The zero-order chi connectivity index (χ0) is 23.5. The number of hydrogen-bond acceptors (Lipinski definition) is 7. The molecule has 5 rings (SSSR count). The van der Waals surface area contributed by atoms with Gasteiger partial charge in [0.05, 0.1) is 33.1 Å². The molecule has 168 valence electrons. The summed E-state index contributed by atoms with van der Waals surface area (Å²) >= 11 is 9.06. The predicted molar refractivity (Wildman–Crippen MR) is 138 cm³/mol. The summed E-state index contributed by atoms with van der Waals surface area (Å²) in [7, 11) is 0. The number of anilines is 1. The zero-order valence-electron chi connectivity index (χ0n) is 17.5. The van der Waals surface area contributed by atoms with Crippen molar-refractivity contribution in [1.29, 1.82) is 0 Å². The number of nitrogens with zero attached hydrogens (tertiary/aromatic N) is 3. The second kappa shape index (κ2) is 9.76. The number of nitrogens with one attached hydrogen (secondary N) is 2. The van der Waals surface area contributed by atoms with E-state index < -0.39 is 0 Å². The molecule has 2 aromatic heterocycles. The molecule has 1 fully saturated rings. The van der Waals surface area contributed by atoms with Crippen molar-refractivity contribution in [2.75, 3.05) is 5.32 Å². The van der Waals surface area contributed by atoms with Gasteiger partial charge in [-0.1, -0.05) is 23.7 Å². The van der Waals surface area contributed by atoms with E-state index in [1.54, 1.807) is 36.7 Å². The van der Waals surface area contributed by atoms with Crippen LogP contribution in [-0.2, 0) is 16.0 Å². The van der Waals surface area contributed by atoms with Crippen LogP contribution in [0.4, 0.5) is 11.4 Å². The maximum absolute atomic E-state index is 12.5. The van der Waals surface area contributed by atoms with Crippen LogP contribution in [-0.4, -0.2) is 26.9 Å². The van der Waals surface area contributed by atoms with Crippen LogP contribution in [0.3, 0.4) is 0 Å². The summed E-state index contributed by atoms with van der Waals surface area (Å²) in [5.74, 6) is -0.378. The van der Waals surface area contributed by atoms with Gasteiger partial charge in [0.1, 0.15) is 0 Å². The van der Waals surface area contributed by atoms with Crippen molar-refractivity contribution < 1.29 is 9.59 Å². The fourth-order valence-electron chi connectivity index (χ4n) is 3.26. The van der Waals surface area contributed by atoms with Gasteiger partial charge in [-0.15, -0.1) is 11.3 Å². The number of carbonyl (C=O) groups is 2. The van der Waals surface area contributed by atoms with Crippen molar-refractivity contribution in [3.8, 4) is 0 Å². The highest BCUT2D eigenvalue weighted by atomic mass is 35.5. The molecule has 1 aliphatic rings. The Bertz CT molecular complexity index is 1470. The Kier molecular flexibility index (Phi) is 6.39. The van der Waals surface area contributed by atoms with E-state index in [0.717, 1.165) is 21.5 Å². The van der Waals surface area contributed by atoms with Gasteiger partial charge < -0.3 is 10.6 Å². The summed E-state index contributed by atoms with van der Waals surface area (Å²) in [6.07, 6.45) is 5.34. The summed E-state index contributed by atoms with van der Waals surface area (Å²) in [5, 5.41) is 8.37. The third-order valence-electron chi connectivity index (χ3n) is 4.81. The lowest BCUT2D eigenvalue weighted by molar-refractivity contribution is -0.116. The number of thiophene rings is 1. The summed E-state index contributed by atoms with van der Waals surface area (Å²) in [6, 6.07) is 14.5. The van der Waals surface area contributed by atoms with Gasteiger partial charge in [0.15, 0.2) is 5.17 Å². The number of amides is 2. The standard InChI is InChI=1S/C24H16ClN5O2S2/c25-17-5-4-15(28-22(31)13-16-2-1-9-33-16)12-19(17)29-24-30-23(32)21(34-24)11-14-3-6-18-20(10-14)27-8-7-26-18/h1-12H,13H2,(H,28,31)(H,29,30,32)/b21-11+. The largest absolute Gasteiger partial charge is 0.326 e. The Morgan fingerprint density at radius 1 is 1.12 bits per heavy atom. The fourth-order valence-corrected chi connectivity index (χ4v) is 4.96. The van der Waals surface area contributed by atoms with Crippen LogP contribution in [0.25, 0.3) is 17.1 Å². The van der Waals surface area contributed by atoms with Crippen LogP contribution in [0.5, 0.6) is 0 Å². The van der Waals surface area contributed by atoms with Crippen LogP contribution < -0.4 is 10.6 Å². The highest BCUT2D eigenvalue weighted by Crippen LogP contribution is 2.33. The number of benzene rings is 2. The van der Waals surface area contributed by atoms with Crippen molar-refractivity contribution in [2.45, 2.75) is 6.42 Å². The van der Waals surface area contributed by atoms with E-state index in [4.69, 9.17) is 11.6 Å². The molecule has 0 atom stereocenters. The monoisotopic (exact) mass is 505 g/mol. The lowest BCUT2D eigenvalue weighted by Gasteiger charge is -2.07. The molecule has 0 spiro atoms. The maximum Gasteiger partial charge on any atom is 0.264 e.